The van der Waals surface area contributed by atoms with E-state index in [2.05, 4.69) is 17.5 Å². The molecule has 0 unspecified atom stereocenters. The third-order valence-electron chi connectivity index (χ3n) is 4.77. The fourth-order valence-electron chi connectivity index (χ4n) is 3.08. The van der Waals surface area contributed by atoms with Crippen LogP contribution in [0.2, 0.25) is 0 Å². The number of hydrazone groups is 1. The first kappa shape index (κ1) is 23.6. The van der Waals surface area contributed by atoms with E-state index in [0.717, 1.165) is 41.5 Å². The largest absolute Gasteiger partial charge is 0.497 e. The fourth-order valence-corrected chi connectivity index (χ4v) is 3.08. The first-order valence-corrected chi connectivity index (χ1v) is 11.1. The summed E-state index contributed by atoms with van der Waals surface area (Å²) < 4.78 is 16.9. The van der Waals surface area contributed by atoms with Crippen LogP contribution in [0.5, 0.6) is 17.2 Å². The van der Waals surface area contributed by atoms with Gasteiger partial charge in [-0.3, -0.25) is 5.43 Å². The highest BCUT2D eigenvalue weighted by molar-refractivity contribution is 5.81. The second-order valence-corrected chi connectivity index (χ2v) is 7.21. The number of anilines is 1. The molecule has 2 aromatic rings. The summed E-state index contributed by atoms with van der Waals surface area (Å²) in [7, 11) is 1.65. The number of unbranched alkanes of at least 4 members (excludes halogenated alkanes) is 6. The summed E-state index contributed by atoms with van der Waals surface area (Å²) >= 11 is 0. The monoisotopic (exact) mass is 412 g/mol. The molecule has 30 heavy (non-hydrogen) atoms. The normalized spacial score (nSPS) is 10.9. The molecule has 0 aliphatic heterocycles. The lowest BCUT2D eigenvalue weighted by atomic mass is 10.1. The van der Waals surface area contributed by atoms with Crippen molar-refractivity contribution in [2.45, 2.75) is 58.8 Å². The van der Waals surface area contributed by atoms with E-state index in [1.807, 2.05) is 49.4 Å². The third kappa shape index (κ3) is 8.76. The van der Waals surface area contributed by atoms with Crippen LogP contribution in [0.1, 0.15) is 64.4 Å². The Balaban J connectivity index is 1.82. The maximum atomic E-state index is 5.97. The lowest BCUT2D eigenvalue weighted by Gasteiger charge is -2.12. The average Bonchev–Trinajstić information content (AvgIpc) is 2.77. The lowest BCUT2D eigenvalue weighted by molar-refractivity contribution is 0.270. The van der Waals surface area contributed by atoms with Gasteiger partial charge in [-0.05, 0) is 61.4 Å². The maximum Gasteiger partial charge on any atom is 0.161 e. The number of rotatable bonds is 15. The summed E-state index contributed by atoms with van der Waals surface area (Å²) in [6, 6.07) is 13.5. The van der Waals surface area contributed by atoms with Crippen molar-refractivity contribution in [3.63, 3.8) is 0 Å². The number of nitrogens with zero attached hydrogens (tertiary/aromatic N) is 1. The lowest BCUT2D eigenvalue weighted by Crippen LogP contribution is -2.02. The summed E-state index contributed by atoms with van der Waals surface area (Å²) in [4.78, 5) is 0. The first-order chi connectivity index (χ1) is 14.8. The van der Waals surface area contributed by atoms with Crippen molar-refractivity contribution >= 4 is 11.9 Å². The number of benzene rings is 2. The Kier molecular flexibility index (Phi) is 11.3. The molecule has 0 aliphatic carbocycles. The molecular formula is C25H36N2O3. The average molecular weight is 413 g/mol. The van der Waals surface area contributed by atoms with Crippen LogP contribution in [0.25, 0.3) is 0 Å². The molecule has 0 atom stereocenters. The van der Waals surface area contributed by atoms with Crippen LogP contribution in [-0.4, -0.2) is 26.5 Å². The van der Waals surface area contributed by atoms with Crippen LogP contribution < -0.4 is 19.6 Å². The van der Waals surface area contributed by atoms with E-state index >= 15 is 0 Å². The Hall–Kier alpha value is -2.69. The van der Waals surface area contributed by atoms with Crippen LogP contribution in [-0.2, 0) is 0 Å². The number of hydrogen-bond acceptors (Lipinski definition) is 5. The Morgan fingerprint density at radius 3 is 2.27 bits per heavy atom. The summed E-state index contributed by atoms with van der Waals surface area (Å²) in [5, 5.41) is 4.30. The maximum absolute atomic E-state index is 5.97. The Labute approximate surface area is 181 Å². The van der Waals surface area contributed by atoms with E-state index in [9.17, 15) is 0 Å². The molecule has 0 amide bonds. The Morgan fingerprint density at radius 2 is 1.57 bits per heavy atom. The third-order valence-corrected chi connectivity index (χ3v) is 4.77. The van der Waals surface area contributed by atoms with E-state index in [0.29, 0.717) is 6.61 Å². The Morgan fingerprint density at radius 1 is 0.833 bits per heavy atom. The summed E-state index contributed by atoms with van der Waals surface area (Å²) in [5.74, 6) is 2.37. The minimum Gasteiger partial charge on any atom is -0.497 e. The molecular weight excluding hydrogens is 376 g/mol. The van der Waals surface area contributed by atoms with Gasteiger partial charge >= 0.3 is 0 Å². The smallest absolute Gasteiger partial charge is 0.161 e. The van der Waals surface area contributed by atoms with Crippen molar-refractivity contribution in [1.29, 1.82) is 0 Å². The molecule has 0 spiro atoms. The second-order valence-electron chi connectivity index (χ2n) is 7.21. The van der Waals surface area contributed by atoms with Crippen LogP contribution in [0.15, 0.2) is 47.6 Å². The van der Waals surface area contributed by atoms with Gasteiger partial charge in [-0.1, -0.05) is 45.4 Å². The highest BCUT2D eigenvalue weighted by atomic mass is 16.5. The van der Waals surface area contributed by atoms with Gasteiger partial charge in [-0.25, -0.2) is 0 Å². The van der Waals surface area contributed by atoms with Crippen molar-refractivity contribution in [2.75, 3.05) is 25.7 Å². The minimum absolute atomic E-state index is 0.596. The van der Waals surface area contributed by atoms with Gasteiger partial charge in [0, 0.05) is 0 Å². The predicted molar refractivity (Wildman–Crippen MR) is 125 cm³/mol. The van der Waals surface area contributed by atoms with E-state index in [4.69, 9.17) is 14.2 Å². The zero-order valence-electron chi connectivity index (χ0n) is 18.7. The second kappa shape index (κ2) is 14.3. The topological polar surface area (TPSA) is 52.1 Å². The van der Waals surface area contributed by atoms with E-state index in [1.54, 1.807) is 13.3 Å². The predicted octanol–water partition coefficient (Wildman–Crippen LogP) is 6.67. The standard InChI is InChI=1S/C25H36N2O3/c1-4-6-7-8-9-10-11-18-30-24-17-12-21(19-25(24)29-5-2)20-26-27-22-13-15-23(28-3)16-14-22/h12-17,19-20,27H,4-11,18H2,1-3H3/b26-20+. The zero-order chi connectivity index (χ0) is 21.4. The van der Waals surface area contributed by atoms with E-state index in [1.165, 1.54) is 38.5 Å². The molecule has 2 rings (SSSR count). The molecule has 0 bridgehead atoms. The highest BCUT2D eigenvalue weighted by Gasteiger charge is 2.06. The molecule has 0 fully saturated rings. The molecule has 5 nitrogen and oxygen atoms in total. The van der Waals surface area contributed by atoms with Crippen molar-refractivity contribution in [1.82, 2.24) is 0 Å². The summed E-state index contributed by atoms with van der Waals surface area (Å²) in [5.41, 5.74) is 4.86. The van der Waals surface area contributed by atoms with Crippen LogP contribution in [0.4, 0.5) is 5.69 Å². The van der Waals surface area contributed by atoms with Crippen LogP contribution in [0, 0.1) is 0 Å². The van der Waals surface area contributed by atoms with Crippen LogP contribution in [0.3, 0.4) is 0 Å². The molecule has 0 aromatic heterocycles. The van der Waals surface area contributed by atoms with Gasteiger partial charge in [0.1, 0.15) is 5.75 Å². The molecule has 5 heteroatoms. The number of hydrogen-bond donors (Lipinski definition) is 1. The van der Waals surface area contributed by atoms with Crippen molar-refractivity contribution in [3.05, 3.63) is 48.0 Å². The number of methoxy groups -OCH3 is 1. The molecule has 1 N–H and O–H groups in total. The number of nitrogens with one attached hydrogen (secondary N) is 1. The molecule has 0 radical (unpaired) electrons. The summed E-state index contributed by atoms with van der Waals surface area (Å²) in [6.07, 6.45) is 10.7. The Bertz CT molecular complexity index is 745. The van der Waals surface area contributed by atoms with Gasteiger partial charge in [0.2, 0.25) is 0 Å². The first-order valence-electron chi connectivity index (χ1n) is 11.1. The van der Waals surface area contributed by atoms with Crippen molar-refractivity contribution < 1.29 is 14.2 Å². The molecule has 0 saturated heterocycles. The van der Waals surface area contributed by atoms with Gasteiger partial charge in [0.25, 0.3) is 0 Å². The zero-order valence-corrected chi connectivity index (χ0v) is 18.7. The van der Waals surface area contributed by atoms with Gasteiger partial charge in [-0.15, -0.1) is 0 Å². The molecule has 0 heterocycles. The van der Waals surface area contributed by atoms with Crippen molar-refractivity contribution in [3.8, 4) is 17.2 Å². The highest BCUT2D eigenvalue weighted by Crippen LogP contribution is 2.28. The van der Waals surface area contributed by atoms with E-state index in [-0.39, 0.29) is 0 Å². The molecule has 0 aliphatic rings. The summed E-state index contributed by atoms with van der Waals surface area (Å²) in [6.45, 7) is 5.54. The number of ether oxygens (including phenoxy) is 3. The minimum atomic E-state index is 0.596. The van der Waals surface area contributed by atoms with Crippen molar-refractivity contribution in [2.24, 2.45) is 5.10 Å². The van der Waals surface area contributed by atoms with Gasteiger partial charge in [0.15, 0.2) is 11.5 Å². The molecule has 2 aromatic carbocycles. The molecule has 0 saturated carbocycles. The molecule has 164 valence electrons. The van der Waals surface area contributed by atoms with Crippen LogP contribution >= 0.6 is 0 Å². The van der Waals surface area contributed by atoms with E-state index < -0.39 is 0 Å². The SMILES string of the molecule is CCCCCCCCCOc1ccc(/C=N/Nc2ccc(OC)cc2)cc1OCC. The van der Waals surface area contributed by atoms with Gasteiger partial charge < -0.3 is 14.2 Å². The quantitative estimate of drug-likeness (QED) is 0.202. The van der Waals surface area contributed by atoms with Gasteiger partial charge in [-0.2, -0.15) is 5.10 Å². The fraction of sp³-hybridized carbons (Fsp3) is 0.480. The van der Waals surface area contributed by atoms with Gasteiger partial charge in [0.05, 0.1) is 32.2 Å².